The number of fused-ring (bicyclic) bond motifs is 2. The van der Waals surface area contributed by atoms with Crippen molar-refractivity contribution >= 4 is 11.8 Å². The molecule has 6 nitrogen and oxygen atoms in total. The summed E-state index contributed by atoms with van der Waals surface area (Å²) in [7, 11) is 0. The quantitative estimate of drug-likeness (QED) is 0.888. The van der Waals surface area contributed by atoms with Crippen molar-refractivity contribution in [1.29, 1.82) is 0 Å². The number of halogens is 1. The van der Waals surface area contributed by atoms with Crippen molar-refractivity contribution < 1.29 is 18.5 Å². The average molecular weight is 343 g/mol. The van der Waals surface area contributed by atoms with Crippen LogP contribution in [0.4, 0.5) is 4.39 Å². The van der Waals surface area contributed by atoms with Gasteiger partial charge in [0, 0.05) is 12.1 Å². The summed E-state index contributed by atoms with van der Waals surface area (Å²) < 4.78 is 18.9. The number of nitrogens with zero attached hydrogens (tertiary/aromatic N) is 1. The van der Waals surface area contributed by atoms with Gasteiger partial charge in [-0.3, -0.25) is 9.59 Å². The van der Waals surface area contributed by atoms with Gasteiger partial charge in [-0.05, 0) is 43.2 Å². The van der Waals surface area contributed by atoms with Crippen LogP contribution in [0, 0.1) is 23.6 Å². The molecule has 2 saturated carbocycles. The van der Waals surface area contributed by atoms with Crippen LogP contribution in [-0.4, -0.2) is 23.0 Å². The zero-order valence-corrected chi connectivity index (χ0v) is 13.4. The second kappa shape index (κ2) is 5.98. The molecule has 2 bridgehead atoms. The summed E-state index contributed by atoms with van der Waals surface area (Å²) >= 11 is 0. The molecule has 2 amide bonds. The van der Waals surface area contributed by atoms with E-state index in [0.717, 1.165) is 19.3 Å². The van der Waals surface area contributed by atoms with Crippen LogP contribution in [0.1, 0.15) is 29.8 Å². The number of carbonyl (C=O) groups is 2. The number of benzene rings is 1. The molecule has 4 atom stereocenters. The Labute approximate surface area is 143 Å². The molecular formula is C18H18FN3O3. The Bertz CT molecular complexity index is 834. The molecule has 1 heterocycles. The molecule has 0 radical (unpaired) electrons. The van der Waals surface area contributed by atoms with Gasteiger partial charge in [-0.2, -0.15) is 0 Å². The highest BCUT2D eigenvalue weighted by Crippen LogP contribution is 2.48. The largest absolute Gasteiger partial charge is 0.369 e. The maximum atomic E-state index is 13.8. The number of aromatic nitrogens is 1. The first-order valence-electron chi connectivity index (χ1n) is 8.36. The Morgan fingerprint density at radius 3 is 2.76 bits per heavy atom. The van der Waals surface area contributed by atoms with Gasteiger partial charge in [0.25, 0.3) is 5.91 Å². The van der Waals surface area contributed by atoms with Gasteiger partial charge in [-0.15, -0.1) is 0 Å². The van der Waals surface area contributed by atoms with E-state index >= 15 is 0 Å². The first-order chi connectivity index (χ1) is 12.0. The number of nitrogens with one attached hydrogen (secondary N) is 1. The molecule has 2 aliphatic rings. The number of hydrogen-bond acceptors (Lipinski definition) is 4. The predicted octanol–water partition coefficient (Wildman–Crippen LogP) is 2.11. The maximum absolute atomic E-state index is 13.8. The molecule has 4 unspecified atom stereocenters. The lowest BCUT2D eigenvalue weighted by Gasteiger charge is -2.29. The Hall–Kier alpha value is -2.70. The summed E-state index contributed by atoms with van der Waals surface area (Å²) in [5.74, 6) is -0.890. The predicted molar refractivity (Wildman–Crippen MR) is 86.7 cm³/mol. The van der Waals surface area contributed by atoms with Crippen LogP contribution in [0.3, 0.4) is 0 Å². The van der Waals surface area contributed by atoms with Crippen molar-refractivity contribution in [2.45, 2.75) is 25.3 Å². The highest BCUT2D eigenvalue weighted by molar-refractivity contribution is 5.94. The zero-order valence-electron chi connectivity index (χ0n) is 13.4. The fourth-order valence-electron chi connectivity index (χ4n) is 4.30. The van der Waals surface area contributed by atoms with Crippen molar-refractivity contribution in [3.63, 3.8) is 0 Å². The van der Waals surface area contributed by atoms with E-state index in [-0.39, 0.29) is 46.7 Å². The first kappa shape index (κ1) is 15.8. The lowest BCUT2D eigenvalue weighted by molar-refractivity contribution is -0.124. The van der Waals surface area contributed by atoms with Crippen molar-refractivity contribution in [3.8, 4) is 11.3 Å². The van der Waals surface area contributed by atoms with Crippen LogP contribution >= 0.6 is 0 Å². The second-order valence-corrected chi connectivity index (χ2v) is 6.82. The van der Waals surface area contributed by atoms with Gasteiger partial charge < -0.3 is 15.6 Å². The topological polar surface area (TPSA) is 98.2 Å². The summed E-state index contributed by atoms with van der Waals surface area (Å²) in [6.07, 6.45) is 2.88. The van der Waals surface area contributed by atoms with Crippen molar-refractivity contribution in [2.75, 3.05) is 0 Å². The Balaban J connectivity index is 1.53. The summed E-state index contributed by atoms with van der Waals surface area (Å²) in [5, 5.41) is 6.62. The monoisotopic (exact) mass is 343 g/mol. The Kier molecular flexibility index (Phi) is 3.78. The molecule has 3 N–H and O–H groups in total. The normalized spacial score (nSPS) is 27.4. The van der Waals surface area contributed by atoms with Gasteiger partial charge in [0.15, 0.2) is 11.5 Å². The van der Waals surface area contributed by atoms with E-state index in [1.54, 1.807) is 18.2 Å². The fraction of sp³-hybridized carbons (Fsp3) is 0.389. The van der Waals surface area contributed by atoms with Crippen molar-refractivity contribution in [2.24, 2.45) is 23.5 Å². The number of hydrogen-bond donors (Lipinski definition) is 2. The lowest BCUT2D eigenvalue weighted by atomic mass is 9.84. The molecule has 1 aromatic heterocycles. The number of primary amides is 1. The number of amides is 2. The minimum Gasteiger partial charge on any atom is -0.369 e. The van der Waals surface area contributed by atoms with Crippen LogP contribution in [0.15, 0.2) is 34.9 Å². The molecule has 130 valence electrons. The molecule has 25 heavy (non-hydrogen) atoms. The van der Waals surface area contributed by atoms with Crippen molar-refractivity contribution in [3.05, 3.63) is 41.8 Å². The third-order valence-corrected chi connectivity index (χ3v) is 5.42. The van der Waals surface area contributed by atoms with Gasteiger partial charge in [0.2, 0.25) is 5.91 Å². The molecule has 1 aromatic carbocycles. The number of rotatable bonds is 4. The van der Waals surface area contributed by atoms with E-state index < -0.39 is 11.7 Å². The molecule has 0 saturated heterocycles. The second-order valence-electron chi connectivity index (χ2n) is 6.82. The molecule has 2 aromatic rings. The SMILES string of the molecule is NC(=O)C1C2CCC(C2)C1NC(=O)c1cc(-c2ccccc2F)on1. The zero-order chi connectivity index (χ0) is 17.6. The van der Waals surface area contributed by atoms with Crippen LogP contribution < -0.4 is 11.1 Å². The average Bonchev–Trinajstić information content (AvgIpc) is 3.30. The smallest absolute Gasteiger partial charge is 0.273 e. The molecule has 0 spiro atoms. The van der Waals surface area contributed by atoms with Crippen LogP contribution in [0.5, 0.6) is 0 Å². The Morgan fingerprint density at radius 2 is 2.00 bits per heavy atom. The van der Waals surface area contributed by atoms with Gasteiger partial charge >= 0.3 is 0 Å². The molecular weight excluding hydrogens is 325 g/mol. The van der Waals surface area contributed by atoms with Crippen LogP contribution in [0.25, 0.3) is 11.3 Å². The summed E-state index contributed by atoms with van der Waals surface area (Å²) in [4.78, 5) is 24.2. The first-order valence-corrected chi connectivity index (χ1v) is 8.36. The fourth-order valence-corrected chi connectivity index (χ4v) is 4.30. The summed E-state index contributed by atoms with van der Waals surface area (Å²) in [6.45, 7) is 0. The van der Waals surface area contributed by atoms with E-state index in [1.807, 2.05) is 0 Å². The molecule has 4 rings (SSSR count). The highest BCUT2D eigenvalue weighted by atomic mass is 19.1. The van der Waals surface area contributed by atoms with E-state index in [4.69, 9.17) is 10.3 Å². The van der Waals surface area contributed by atoms with E-state index in [2.05, 4.69) is 10.5 Å². The molecule has 0 aliphatic heterocycles. The molecule has 2 fully saturated rings. The molecule has 2 aliphatic carbocycles. The standard InChI is InChI=1S/C18H18FN3O3/c19-12-4-2-1-3-11(12)14-8-13(22-25-14)18(24)21-16-10-6-5-9(7-10)15(16)17(20)23/h1-4,8-10,15-16H,5-7H2,(H2,20,23)(H,21,24). The van der Waals surface area contributed by atoms with Crippen LogP contribution in [0.2, 0.25) is 0 Å². The summed E-state index contributed by atoms with van der Waals surface area (Å²) in [6, 6.07) is 7.24. The maximum Gasteiger partial charge on any atom is 0.273 e. The minimum atomic E-state index is -0.451. The van der Waals surface area contributed by atoms with E-state index in [1.165, 1.54) is 12.1 Å². The van der Waals surface area contributed by atoms with E-state index in [9.17, 15) is 14.0 Å². The van der Waals surface area contributed by atoms with E-state index in [0.29, 0.717) is 0 Å². The van der Waals surface area contributed by atoms with Gasteiger partial charge in [0.05, 0.1) is 11.5 Å². The van der Waals surface area contributed by atoms with Gasteiger partial charge in [-0.25, -0.2) is 4.39 Å². The summed E-state index contributed by atoms with van der Waals surface area (Å²) in [5.41, 5.74) is 5.82. The van der Waals surface area contributed by atoms with Crippen molar-refractivity contribution in [1.82, 2.24) is 10.5 Å². The molecule has 7 heteroatoms. The number of nitrogens with two attached hydrogens (primary N) is 1. The third kappa shape index (κ3) is 2.69. The number of carbonyl (C=O) groups excluding carboxylic acids is 2. The minimum absolute atomic E-state index is 0.0595. The van der Waals surface area contributed by atoms with Gasteiger partial charge in [-0.1, -0.05) is 17.3 Å². The lowest BCUT2D eigenvalue weighted by Crippen LogP contribution is -2.48. The highest BCUT2D eigenvalue weighted by Gasteiger charge is 2.50. The Morgan fingerprint density at radius 1 is 1.24 bits per heavy atom. The van der Waals surface area contributed by atoms with Gasteiger partial charge in [0.1, 0.15) is 5.82 Å². The van der Waals surface area contributed by atoms with Crippen LogP contribution in [-0.2, 0) is 4.79 Å². The third-order valence-electron chi connectivity index (χ3n) is 5.42.